The number of carbonyl (C=O) groups is 2. The van der Waals surface area contributed by atoms with Crippen molar-refractivity contribution in [3.63, 3.8) is 0 Å². The van der Waals surface area contributed by atoms with Crippen molar-refractivity contribution in [2.75, 3.05) is 6.61 Å². The molecule has 110 valence electrons. The number of ether oxygens (including phenoxy) is 1. The summed E-state index contributed by atoms with van der Waals surface area (Å²) < 4.78 is 5.22. The molecule has 0 bridgehead atoms. The van der Waals surface area contributed by atoms with Gasteiger partial charge in [-0.2, -0.15) is 0 Å². The number of hydrogen-bond acceptors (Lipinski definition) is 4. The van der Waals surface area contributed by atoms with Crippen LogP contribution in [-0.4, -0.2) is 40.8 Å². The van der Waals surface area contributed by atoms with Crippen LogP contribution in [0.15, 0.2) is 18.2 Å². The van der Waals surface area contributed by atoms with Crippen molar-refractivity contribution in [2.45, 2.75) is 26.0 Å². The maximum Gasteiger partial charge on any atom is 0.328 e. The van der Waals surface area contributed by atoms with Gasteiger partial charge in [0.2, 0.25) is 0 Å². The number of benzene rings is 1. The van der Waals surface area contributed by atoms with Crippen molar-refractivity contribution in [1.82, 2.24) is 5.32 Å². The molecule has 0 aliphatic carbocycles. The van der Waals surface area contributed by atoms with E-state index in [-0.39, 0.29) is 6.61 Å². The lowest BCUT2D eigenvalue weighted by atomic mass is 10.2. The van der Waals surface area contributed by atoms with Crippen molar-refractivity contribution >= 4 is 23.5 Å². The van der Waals surface area contributed by atoms with Gasteiger partial charge < -0.3 is 20.3 Å². The summed E-state index contributed by atoms with van der Waals surface area (Å²) in [6, 6.07) is 3.72. The van der Waals surface area contributed by atoms with Crippen LogP contribution in [0.1, 0.15) is 12.5 Å². The standard InChI is InChI=1S/C13H16ClNO5/c1-7-3-4-9(14)10(5-7)20-6-11(17)15-12(8(2)16)13(18)19/h3-5,8,12,16H,6H2,1-2H3,(H,15,17)(H,18,19). The van der Waals surface area contributed by atoms with Gasteiger partial charge >= 0.3 is 5.97 Å². The van der Waals surface area contributed by atoms with Gasteiger partial charge in [-0.25, -0.2) is 4.79 Å². The summed E-state index contributed by atoms with van der Waals surface area (Å²) in [7, 11) is 0. The van der Waals surface area contributed by atoms with E-state index in [1.54, 1.807) is 18.2 Å². The molecule has 0 saturated heterocycles. The van der Waals surface area contributed by atoms with Crippen molar-refractivity contribution in [2.24, 2.45) is 0 Å². The number of nitrogens with one attached hydrogen (secondary N) is 1. The molecule has 0 spiro atoms. The van der Waals surface area contributed by atoms with Gasteiger partial charge in [0.25, 0.3) is 5.91 Å². The molecule has 2 unspecified atom stereocenters. The zero-order valence-electron chi connectivity index (χ0n) is 11.1. The topological polar surface area (TPSA) is 95.9 Å². The average molecular weight is 302 g/mol. The molecule has 0 radical (unpaired) electrons. The van der Waals surface area contributed by atoms with Gasteiger partial charge in [0, 0.05) is 0 Å². The Morgan fingerprint density at radius 1 is 1.45 bits per heavy atom. The number of carbonyl (C=O) groups excluding carboxylic acids is 1. The Balaban J connectivity index is 2.59. The summed E-state index contributed by atoms with van der Waals surface area (Å²) in [6.45, 7) is 2.73. The summed E-state index contributed by atoms with van der Waals surface area (Å²) in [6.07, 6.45) is -1.21. The third-order valence-electron chi connectivity index (χ3n) is 2.51. The average Bonchev–Trinajstić information content (AvgIpc) is 2.36. The molecule has 2 atom stereocenters. The Morgan fingerprint density at radius 3 is 2.65 bits per heavy atom. The van der Waals surface area contributed by atoms with Crippen molar-refractivity contribution in [1.29, 1.82) is 0 Å². The zero-order chi connectivity index (χ0) is 15.3. The lowest BCUT2D eigenvalue weighted by molar-refractivity contribution is -0.145. The van der Waals surface area contributed by atoms with Crippen LogP contribution in [0.3, 0.4) is 0 Å². The first kappa shape index (κ1) is 16.3. The summed E-state index contributed by atoms with van der Waals surface area (Å²) in [5, 5.41) is 20.6. The quantitative estimate of drug-likeness (QED) is 0.728. The lowest BCUT2D eigenvalue weighted by Gasteiger charge is -2.17. The molecule has 0 fully saturated rings. The summed E-state index contributed by atoms with van der Waals surface area (Å²) in [5.41, 5.74) is 0.914. The molecule has 0 saturated carbocycles. The Morgan fingerprint density at radius 2 is 2.10 bits per heavy atom. The van der Waals surface area contributed by atoms with E-state index in [9.17, 15) is 14.7 Å². The van der Waals surface area contributed by atoms with E-state index >= 15 is 0 Å². The van der Waals surface area contributed by atoms with E-state index in [1.807, 2.05) is 6.92 Å². The molecule has 0 aromatic heterocycles. The monoisotopic (exact) mass is 301 g/mol. The molecule has 0 aliphatic rings. The third kappa shape index (κ3) is 4.71. The number of rotatable bonds is 6. The van der Waals surface area contributed by atoms with Crippen LogP contribution in [0.2, 0.25) is 5.02 Å². The first-order chi connectivity index (χ1) is 9.31. The van der Waals surface area contributed by atoms with E-state index in [0.29, 0.717) is 10.8 Å². The van der Waals surface area contributed by atoms with Crippen LogP contribution in [0.5, 0.6) is 5.75 Å². The molecular weight excluding hydrogens is 286 g/mol. The Hall–Kier alpha value is -1.79. The van der Waals surface area contributed by atoms with E-state index in [4.69, 9.17) is 21.4 Å². The normalized spacial score (nSPS) is 13.4. The minimum atomic E-state index is -1.38. The van der Waals surface area contributed by atoms with Gasteiger partial charge in [-0.15, -0.1) is 0 Å². The van der Waals surface area contributed by atoms with Gasteiger partial charge in [0.1, 0.15) is 5.75 Å². The number of aliphatic carboxylic acids is 1. The Bertz CT molecular complexity index is 504. The van der Waals surface area contributed by atoms with E-state index in [2.05, 4.69) is 5.32 Å². The SMILES string of the molecule is Cc1ccc(Cl)c(OCC(=O)NC(C(=O)O)C(C)O)c1. The highest BCUT2D eigenvalue weighted by Gasteiger charge is 2.25. The molecule has 1 rings (SSSR count). The maximum atomic E-state index is 11.6. The molecular formula is C13H16ClNO5. The third-order valence-corrected chi connectivity index (χ3v) is 2.82. The molecule has 1 amide bonds. The van der Waals surface area contributed by atoms with Crippen LogP contribution in [0.25, 0.3) is 0 Å². The number of hydrogen-bond donors (Lipinski definition) is 3. The van der Waals surface area contributed by atoms with E-state index in [1.165, 1.54) is 6.92 Å². The van der Waals surface area contributed by atoms with Gasteiger partial charge in [-0.3, -0.25) is 4.79 Å². The highest BCUT2D eigenvalue weighted by atomic mass is 35.5. The number of carboxylic acids is 1. The predicted octanol–water partition coefficient (Wildman–Crippen LogP) is 0.977. The maximum absolute atomic E-state index is 11.6. The van der Waals surface area contributed by atoms with Gasteiger partial charge in [0.05, 0.1) is 11.1 Å². The molecule has 1 aromatic carbocycles. The lowest BCUT2D eigenvalue weighted by Crippen LogP contribution is -2.49. The summed E-state index contributed by atoms with van der Waals surface area (Å²) in [4.78, 5) is 22.4. The minimum Gasteiger partial charge on any atom is -0.482 e. The number of amides is 1. The molecule has 1 aromatic rings. The van der Waals surface area contributed by atoms with Gasteiger partial charge in [-0.05, 0) is 31.5 Å². The highest BCUT2D eigenvalue weighted by Crippen LogP contribution is 2.24. The zero-order valence-corrected chi connectivity index (χ0v) is 11.8. The molecule has 20 heavy (non-hydrogen) atoms. The second kappa shape index (κ2) is 7.12. The van der Waals surface area contributed by atoms with Crippen molar-refractivity contribution in [3.8, 4) is 5.75 Å². The van der Waals surface area contributed by atoms with Crippen LogP contribution in [0.4, 0.5) is 0 Å². The summed E-state index contributed by atoms with van der Waals surface area (Å²) >= 11 is 5.90. The Kier molecular flexibility index (Phi) is 5.79. The molecule has 7 heteroatoms. The highest BCUT2D eigenvalue weighted by molar-refractivity contribution is 6.32. The van der Waals surface area contributed by atoms with Crippen LogP contribution in [-0.2, 0) is 9.59 Å². The molecule has 0 heterocycles. The minimum absolute atomic E-state index is 0.339. The first-order valence-corrected chi connectivity index (χ1v) is 6.28. The number of halogens is 1. The number of aliphatic hydroxyl groups excluding tert-OH is 1. The van der Waals surface area contributed by atoms with Crippen molar-refractivity contribution in [3.05, 3.63) is 28.8 Å². The van der Waals surface area contributed by atoms with Gasteiger partial charge in [0.15, 0.2) is 12.6 Å². The van der Waals surface area contributed by atoms with E-state index in [0.717, 1.165) is 5.56 Å². The van der Waals surface area contributed by atoms with Crippen LogP contribution < -0.4 is 10.1 Å². The molecule has 6 nitrogen and oxygen atoms in total. The predicted molar refractivity (Wildman–Crippen MR) is 72.9 cm³/mol. The van der Waals surface area contributed by atoms with E-state index < -0.39 is 24.0 Å². The first-order valence-electron chi connectivity index (χ1n) is 5.90. The summed E-state index contributed by atoms with van der Waals surface area (Å²) in [5.74, 6) is -1.64. The number of aliphatic hydroxyl groups is 1. The van der Waals surface area contributed by atoms with Crippen LogP contribution in [0, 0.1) is 6.92 Å². The molecule has 0 aliphatic heterocycles. The molecule has 3 N–H and O–H groups in total. The smallest absolute Gasteiger partial charge is 0.328 e. The van der Waals surface area contributed by atoms with Crippen LogP contribution >= 0.6 is 11.6 Å². The second-order valence-corrected chi connectivity index (χ2v) is 4.75. The van der Waals surface area contributed by atoms with Crippen molar-refractivity contribution < 1.29 is 24.5 Å². The fourth-order valence-electron chi connectivity index (χ4n) is 1.47. The largest absolute Gasteiger partial charge is 0.482 e. The number of aryl methyl sites for hydroxylation is 1. The number of carboxylic acid groups (broad SMARTS) is 1. The fourth-order valence-corrected chi connectivity index (χ4v) is 1.64. The second-order valence-electron chi connectivity index (χ2n) is 4.35. The van der Waals surface area contributed by atoms with Gasteiger partial charge in [-0.1, -0.05) is 17.7 Å². The fraction of sp³-hybridized carbons (Fsp3) is 0.385. The Labute approximate surface area is 121 Å².